The van der Waals surface area contributed by atoms with Crippen LogP contribution < -0.4 is 15.4 Å². The number of carbonyl (C=O) groups is 2. The number of benzene rings is 2. The summed E-state index contributed by atoms with van der Waals surface area (Å²) in [5, 5.41) is 7.40. The Kier molecular flexibility index (Phi) is 6.38. The molecule has 2 aromatic carbocycles. The van der Waals surface area contributed by atoms with E-state index in [1.54, 1.807) is 23.7 Å². The highest BCUT2D eigenvalue weighted by atomic mass is 35.5. The molecule has 0 aliphatic carbocycles. The molecule has 2 heterocycles. The summed E-state index contributed by atoms with van der Waals surface area (Å²) in [6.07, 6.45) is 3.66. The van der Waals surface area contributed by atoms with Gasteiger partial charge in [0.15, 0.2) is 0 Å². The Morgan fingerprint density at radius 2 is 2.06 bits per heavy atom. The van der Waals surface area contributed by atoms with Gasteiger partial charge in [0.25, 0.3) is 0 Å². The average Bonchev–Trinajstić information content (AvgIpc) is 2.77. The van der Waals surface area contributed by atoms with Gasteiger partial charge >= 0.3 is 0 Å². The number of nitrogens with one attached hydrogen (secondary N) is 3. The van der Waals surface area contributed by atoms with E-state index < -0.39 is 17.9 Å². The minimum Gasteiger partial charge on any atom is -0.325 e. The summed E-state index contributed by atoms with van der Waals surface area (Å²) in [6, 6.07) is 10.2. The lowest BCUT2D eigenvalue weighted by Crippen LogP contribution is -2.52. The smallest absolute Gasteiger partial charge is 0.242 e. The fourth-order valence-corrected chi connectivity index (χ4v) is 4.30. The molecule has 10 heteroatoms. The number of hydrogen-bond acceptors (Lipinski definition) is 6. The number of hydrogen-bond donors (Lipinski definition) is 3. The third-order valence-electron chi connectivity index (χ3n) is 4.98. The molecular formula is C21H19ClFN5O2S. The third-order valence-corrected chi connectivity index (χ3v) is 6.20. The zero-order valence-corrected chi connectivity index (χ0v) is 18.0. The van der Waals surface area contributed by atoms with Crippen LogP contribution in [0, 0.1) is 5.82 Å². The maximum absolute atomic E-state index is 13.4. The van der Waals surface area contributed by atoms with Crippen molar-refractivity contribution in [1.29, 1.82) is 0 Å². The first-order chi connectivity index (χ1) is 14.9. The highest BCUT2D eigenvalue weighted by Crippen LogP contribution is 2.26. The van der Waals surface area contributed by atoms with Gasteiger partial charge in [0.05, 0.1) is 11.1 Å². The minimum absolute atomic E-state index is 0.0756. The molecule has 2 unspecified atom stereocenters. The second-order valence-electron chi connectivity index (χ2n) is 7.07. The van der Waals surface area contributed by atoms with E-state index in [-0.39, 0.29) is 23.3 Å². The SMILES string of the molecule is CN1SNC(C(=O)Nc2cccc3cnccc23)CC1C(=O)Nc1ccc(F)c(Cl)c1. The minimum atomic E-state index is -0.592. The second-order valence-corrected chi connectivity index (χ2v) is 8.47. The number of likely N-dealkylation sites (N-methyl/N-ethyl adjacent to an activating group) is 1. The molecule has 160 valence electrons. The van der Waals surface area contributed by atoms with Crippen LogP contribution in [0.2, 0.25) is 5.02 Å². The highest BCUT2D eigenvalue weighted by molar-refractivity contribution is 7.95. The molecule has 3 N–H and O–H groups in total. The largest absolute Gasteiger partial charge is 0.325 e. The van der Waals surface area contributed by atoms with Crippen LogP contribution in [-0.2, 0) is 9.59 Å². The van der Waals surface area contributed by atoms with E-state index in [1.807, 2.05) is 24.3 Å². The molecular weight excluding hydrogens is 441 g/mol. The van der Waals surface area contributed by atoms with Gasteiger partial charge in [-0.15, -0.1) is 0 Å². The van der Waals surface area contributed by atoms with Crippen molar-refractivity contribution in [3.05, 3.63) is 65.7 Å². The molecule has 2 amide bonds. The van der Waals surface area contributed by atoms with Gasteiger partial charge in [0, 0.05) is 46.7 Å². The van der Waals surface area contributed by atoms with Gasteiger partial charge in [-0.05, 0) is 43.8 Å². The number of nitrogens with zero attached hydrogens (tertiary/aromatic N) is 2. The monoisotopic (exact) mass is 459 g/mol. The van der Waals surface area contributed by atoms with Gasteiger partial charge in [-0.3, -0.25) is 14.6 Å². The summed E-state index contributed by atoms with van der Waals surface area (Å²) in [5.41, 5.74) is 1.07. The Balaban J connectivity index is 1.45. The molecule has 4 rings (SSSR count). The maximum Gasteiger partial charge on any atom is 0.242 e. The summed E-state index contributed by atoms with van der Waals surface area (Å²) in [6.45, 7) is 0. The van der Waals surface area contributed by atoms with Crippen molar-refractivity contribution < 1.29 is 14.0 Å². The van der Waals surface area contributed by atoms with Crippen LogP contribution in [0.1, 0.15) is 6.42 Å². The van der Waals surface area contributed by atoms with E-state index in [0.717, 1.165) is 10.8 Å². The predicted octanol–water partition coefficient (Wildman–Crippen LogP) is 3.83. The van der Waals surface area contributed by atoms with Gasteiger partial charge in [-0.2, -0.15) is 0 Å². The Labute approximate surface area is 187 Å². The van der Waals surface area contributed by atoms with Crippen LogP contribution in [0.4, 0.5) is 15.8 Å². The number of anilines is 2. The number of aromatic nitrogens is 1. The zero-order valence-electron chi connectivity index (χ0n) is 16.4. The van der Waals surface area contributed by atoms with E-state index >= 15 is 0 Å². The fourth-order valence-electron chi connectivity index (χ4n) is 3.31. The lowest BCUT2D eigenvalue weighted by Gasteiger charge is -2.34. The lowest BCUT2D eigenvalue weighted by molar-refractivity contribution is -0.121. The molecule has 1 aliphatic rings. The first-order valence-electron chi connectivity index (χ1n) is 9.47. The number of pyridine rings is 1. The van der Waals surface area contributed by atoms with Crippen LogP contribution in [0.5, 0.6) is 0 Å². The van der Waals surface area contributed by atoms with Gasteiger partial charge in [-0.1, -0.05) is 23.7 Å². The van der Waals surface area contributed by atoms with Crippen LogP contribution in [0.25, 0.3) is 10.8 Å². The molecule has 7 nitrogen and oxygen atoms in total. The summed E-state index contributed by atoms with van der Waals surface area (Å²) >= 11 is 6.97. The van der Waals surface area contributed by atoms with Crippen molar-refractivity contribution in [3.8, 4) is 0 Å². The molecule has 1 saturated heterocycles. The summed E-state index contributed by atoms with van der Waals surface area (Å²) in [7, 11) is 1.76. The van der Waals surface area contributed by atoms with Crippen molar-refractivity contribution in [2.45, 2.75) is 18.5 Å². The number of fused-ring (bicyclic) bond motifs is 1. The maximum atomic E-state index is 13.4. The number of amides is 2. The van der Waals surface area contributed by atoms with Gasteiger partial charge in [-0.25, -0.2) is 13.4 Å². The third kappa shape index (κ3) is 4.80. The molecule has 0 saturated carbocycles. The first kappa shape index (κ1) is 21.5. The van der Waals surface area contributed by atoms with E-state index in [2.05, 4.69) is 20.3 Å². The summed E-state index contributed by atoms with van der Waals surface area (Å²) in [5.74, 6) is -1.11. The number of halogens is 2. The molecule has 0 spiro atoms. The topological polar surface area (TPSA) is 86.4 Å². The second kappa shape index (κ2) is 9.19. The number of rotatable bonds is 4. The van der Waals surface area contributed by atoms with E-state index in [0.29, 0.717) is 11.4 Å². The number of carbonyl (C=O) groups excluding carboxylic acids is 2. The van der Waals surface area contributed by atoms with Crippen molar-refractivity contribution in [3.63, 3.8) is 0 Å². The fraction of sp³-hybridized carbons (Fsp3) is 0.190. The van der Waals surface area contributed by atoms with Crippen molar-refractivity contribution in [1.82, 2.24) is 14.0 Å². The molecule has 1 aliphatic heterocycles. The lowest BCUT2D eigenvalue weighted by atomic mass is 10.1. The molecule has 1 fully saturated rings. The normalized spacial score (nSPS) is 19.2. The standard InChI is InChI=1S/C21H19ClFN5O2S/c1-28-19(21(30)25-13-5-6-16(23)15(22)9-13)10-18(27-31-28)20(29)26-17-4-2-3-12-11-24-8-7-14(12)17/h2-9,11,18-19,27H,10H2,1H3,(H,25,30)(H,26,29). The van der Waals surface area contributed by atoms with E-state index in [1.165, 1.54) is 30.3 Å². The quantitative estimate of drug-likeness (QED) is 0.514. The molecule has 0 radical (unpaired) electrons. The zero-order chi connectivity index (χ0) is 22.0. The molecule has 1 aromatic heterocycles. The van der Waals surface area contributed by atoms with Gasteiger partial charge in [0.1, 0.15) is 11.9 Å². The predicted molar refractivity (Wildman–Crippen MR) is 121 cm³/mol. The van der Waals surface area contributed by atoms with Crippen LogP contribution in [0.15, 0.2) is 54.9 Å². The molecule has 2 atom stereocenters. The first-order valence-corrected chi connectivity index (χ1v) is 10.6. The van der Waals surface area contributed by atoms with E-state index in [4.69, 9.17) is 11.6 Å². The average molecular weight is 460 g/mol. The molecule has 3 aromatic rings. The summed E-state index contributed by atoms with van der Waals surface area (Å²) < 4.78 is 18.2. The Hall–Kier alpha value is -2.72. The summed E-state index contributed by atoms with van der Waals surface area (Å²) in [4.78, 5) is 29.8. The Morgan fingerprint density at radius 3 is 2.87 bits per heavy atom. The molecule has 31 heavy (non-hydrogen) atoms. The van der Waals surface area contributed by atoms with Crippen LogP contribution in [-0.4, -0.2) is 40.2 Å². The van der Waals surface area contributed by atoms with Crippen molar-refractivity contribution >= 4 is 57.7 Å². The van der Waals surface area contributed by atoms with Crippen molar-refractivity contribution in [2.75, 3.05) is 17.7 Å². The van der Waals surface area contributed by atoms with E-state index in [9.17, 15) is 14.0 Å². The van der Waals surface area contributed by atoms with Gasteiger partial charge < -0.3 is 10.6 Å². The molecule has 0 bridgehead atoms. The Morgan fingerprint density at radius 1 is 1.23 bits per heavy atom. The Bertz CT molecular complexity index is 1140. The highest BCUT2D eigenvalue weighted by Gasteiger charge is 2.35. The van der Waals surface area contributed by atoms with Gasteiger partial charge in [0.2, 0.25) is 11.8 Å². The van der Waals surface area contributed by atoms with Crippen LogP contribution >= 0.6 is 23.7 Å². The van der Waals surface area contributed by atoms with Crippen molar-refractivity contribution in [2.24, 2.45) is 0 Å². The van der Waals surface area contributed by atoms with Crippen LogP contribution in [0.3, 0.4) is 0 Å².